The van der Waals surface area contributed by atoms with Gasteiger partial charge >= 0.3 is 0 Å². The van der Waals surface area contributed by atoms with Gasteiger partial charge in [0.15, 0.2) is 5.65 Å². The average molecular weight is 318 g/mol. The highest BCUT2D eigenvalue weighted by Crippen LogP contribution is 2.21. The Morgan fingerprint density at radius 1 is 1.27 bits per heavy atom. The molecule has 0 spiro atoms. The Morgan fingerprint density at radius 2 is 2.09 bits per heavy atom. The minimum atomic E-state index is -3.55. The molecule has 114 valence electrons. The lowest BCUT2D eigenvalue weighted by molar-refractivity contribution is 0.583. The van der Waals surface area contributed by atoms with E-state index in [2.05, 4.69) is 19.8 Å². The predicted molar refractivity (Wildman–Crippen MR) is 81.5 cm³/mol. The smallest absolute Gasteiger partial charge is 0.242 e. The first-order chi connectivity index (χ1) is 10.5. The van der Waals surface area contributed by atoms with Gasteiger partial charge in [-0.25, -0.2) is 17.7 Å². The number of anilines is 1. The highest BCUT2D eigenvalue weighted by Gasteiger charge is 2.14. The van der Waals surface area contributed by atoms with Crippen LogP contribution in [-0.2, 0) is 10.0 Å². The van der Waals surface area contributed by atoms with Crippen molar-refractivity contribution < 1.29 is 8.42 Å². The van der Waals surface area contributed by atoms with Crippen molar-refractivity contribution in [1.82, 2.24) is 24.3 Å². The first-order valence-corrected chi connectivity index (χ1v) is 8.05. The lowest BCUT2D eigenvalue weighted by Crippen LogP contribution is -2.23. The minimum Gasteiger partial charge on any atom is -0.366 e. The summed E-state index contributed by atoms with van der Waals surface area (Å²) in [4.78, 5) is 8.16. The summed E-state index contributed by atoms with van der Waals surface area (Å²) in [5, 5.41) is 4.03. The number of hydrogen-bond acceptors (Lipinski definition) is 6. The summed E-state index contributed by atoms with van der Waals surface area (Å²) in [6, 6.07) is 5.13. The number of fused-ring (bicyclic) bond motifs is 1. The van der Waals surface area contributed by atoms with Gasteiger partial charge in [0.1, 0.15) is 4.90 Å². The highest BCUT2D eigenvalue weighted by atomic mass is 32.2. The molecule has 8 nitrogen and oxygen atoms in total. The van der Waals surface area contributed by atoms with Gasteiger partial charge in [0, 0.05) is 36.3 Å². The van der Waals surface area contributed by atoms with E-state index in [-0.39, 0.29) is 10.8 Å². The summed E-state index contributed by atoms with van der Waals surface area (Å²) in [6.45, 7) is 2.04. The molecule has 0 aromatic carbocycles. The number of aromatic nitrogens is 4. The normalized spacial score (nSPS) is 11.9. The molecule has 3 rings (SSSR count). The Hall–Kier alpha value is -2.52. The summed E-state index contributed by atoms with van der Waals surface area (Å²) < 4.78 is 28.0. The molecule has 0 saturated carbocycles. The van der Waals surface area contributed by atoms with E-state index in [1.54, 1.807) is 31.5 Å². The summed E-state index contributed by atoms with van der Waals surface area (Å²) in [7, 11) is -3.55. The van der Waals surface area contributed by atoms with Crippen LogP contribution in [-0.4, -0.2) is 34.5 Å². The maximum Gasteiger partial charge on any atom is 0.242 e. The van der Waals surface area contributed by atoms with Gasteiger partial charge in [-0.15, -0.1) is 5.10 Å². The van der Waals surface area contributed by atoms with Crippen LogP contribution in [0.2, 0.25) is 0 Å². The van der Waals surface area contributed by atoms with E-state index in [9.17, 15) is 8.42 Å². The standard InChI is InChI=1S/C13H14N6O2S/c1-2-16-22(20,21)11-5-10(6-15-7-11)9-3-4-12-17-13(14)18-19(12)8-9/h3-8,16H,2H2,1H3,(H2,14,18). The molecule has 22 heavy (non-hydrogen) atoms. The molecule has 0 aliphatic carbocycles. The maximum absolute atomic E-state index is 12.0. The number of pyridine rings is 2. The van der Waals surface area contributed by atoms with Crippen LogP contribution < -0.4 is 10.5 Å². The zero-order valence-electron chi connectivity index (χ0n) is 11.8. The zero-order valence-corrected chi connectivity index (χ0v) is 12.6. The molecule has 3 aromatic heterocycles. The number of sulfonamides is 1. The van der Waals surface area contributed by atoms with E-state index in [4.69, 9.17) is 5.73 Å². The largest absolute Gasteiger partial charge is 0.366 e. The van der Waals surface area contributed by atoms with Gasteiger partial charge in [-0.3, -0.25) is 4.98 Å². The van der Waals surface area contributed by atoms with Gasteiger partial charge < -0.3 is 5.73 Å². The van der Waals surface area contributed by atoms with Crippen LogP contribution in [0.15, 0.2) is 41.7 Å². The fourth-order valence-electron chi connectivity index (χ4n) is 2.07. The van der Waals surface area contributed by atoms with Gasteiger partial charge in [-0.2, -0.15) is 4.98 Å². The molecule has 0 amide bonds. The predicted octanol–water partition coefficient (Wildman–Crippen LogP) is 0.672. The number of nitrogens with one attached hydrogen (secondary N) is 1. The molecule has 3 N–H and O–H groups in total. The first kappa shape index (κ1) is 14.4. The SMILES string of the molecule is CCNS(=O)(=O)c1cncc(-c2ccc3nc(N)nn3c2)c1. The second-order valence-corrected chi connectivity index (χ2v) is 6.37. The van der Waals surface area contributed by atoms with Crippen molar-refractivity contribution in [2.75, 3.05) is 12.3 Å². The molecule has 0 aliphatic heterocycles. The van der Waals surface area contributed by atoms with Gasteiger partial charge in [-0.1, -0.05) is 6.92 Å². The molecule has 9 heteroatoms. The molecule has 0 fully saturated rings. The van der Waals surface area contributed by atoms with Crippen molar-refractivity contribution in [3.8, 4) is 11.1 Å². The van der Waals surface area contributed by atoms with Crippen molar-refractivity contribution in [3.63, 3.8) is 0 Å². The summed E-state index contributed by atoms with van der Waals surface area (Å²) in [5.74, 6) is 0.179. The minimum absolute atomic E-state index is 0.116. The number of rotatable bonds is 4. The highest BCUT2D eigenvalue weighted by molar-refractivity contribution is 7.89. The van der Waals surface area contributed by atoms with Crippen LogP contribution in [0, 0.1) is 0 Å². The molecular weight excluding hydrogens is 304 g/mol. The fraction of sp³-hybridized carbons (Fsp3) is 0.154. The third-order valence-corrected chi connectivity index (χ3v) is 4.55. The average Bonchev–Trinajstić information content (AvgIpc) is 2.86. The monoisotopic (exact) mass is 318 g/mol. The van der Waals surface area contributed by atoms with Gasteiger partial charge in [-0.05, 0) is 18.2 Å². The lowest BCUT2D eigenvalue weighted by atomic mass is 10.1. The van der Waals surface area contributed by atoms with E-state index < -0.39 is 10.0 Å². The molecule has 3 aromatic rings. The van der Waals surface area contributed by atoms with Crippen LogP contribution in [0.25, 0.3) is 16.8 Å². The van der Waals surface area contributed by atoms with Crippen LogP contribution >= 0.6 is 0 Å². The van der Waals surface area contributed by atoms with E-state index in [0.717, 1.165) is 5.56 Å². The second kappa shape index (κ2) is 5.35. The van der Waals surface area contributed by atoms with Crippen LogP contribution in [0.3, 0.4) is 0 Å². The van der Waals surface area contributed by atoms with Crippen LogP contribution in [0.5, 0.6) is 0 Å². The number of nitrogens with two attached hydrogens (primary N) is 1. The molecular formula is C13H14N6O2S. The van der Waals surface area contributed by atoms with Gasteiger partial charge in [0.05, 0.1) is 0 Å². The van der Waals surface area contributed by atoms with Crippen molar-refractivity contribution in [1.29, 1.82) is 0 Å². The molecule has 0 saturated heterocycles. The van der Waals surface area contributed by atoms with E-state index in [1.807, 2.05) is 6.07 Å². The van der Waals surface area contributed by atoms with Gasteiger partial charge in [0.2, 0.25) is 16.0 Å². The number of nitrogen functional groups attached to an aromatic ring is 1. The van der Waals surface area contributed by atoms with Crippen LogP contribution in [0.1, 0.15) is 6.92 Å². The first-order valence-electron chi connectivity index (χ1n) is 6.56. The Balaban J connectivity index is 2.07. The Morgan fingerprint density at radius 3 is 2.86 bits per heavy atom. The molecule has 3 heterocycles. The summed E-state index contributed by atoms with van der Waals surface area (Å²) in [5.41, 5.74) is 7.59. The van der Waals surface area contributed by atoms with Gasteiger partial charge in [0.25, 0.3) is 0 Å². The molecule has 0 aliphatic rings. The van der Waals surface area contributed by atoms with E-state index >= 15 is 0 Å². The summed E-state index contributed by atoms with van der Waals surface area (Å²) >= 11 is 0. The lowest BCUT2D eigenvalue weighted by Gasteiger charge is -2.06. The Labute approximate surface area is 127 Å². The van der Waals surface area contributed by atoms with E-state index in [0.29, 0.717) is 17.8 Å². The zero-order chi connectivity index (χ0) is 15.7. The maximum atomic E-state index is 12.0. The molecule has 0 atom stereocenters. The molecule has 0 radical (unpaired) electrons. The molecule has 0 bridgehead atoms. The van der Waals surface area contributed by atoms with Crippen molar-refractivity contribution in [3.05, 3.63) is 36.8 Å². The quantitative estimate of drug-likeness (QED) is 0.730. The summed E-state index contributed by atoms with van der Waals surface area (Å²) in [6.07, 6.45) is 4.62. The van der Waals surface area contributed by atoms with Crippen molar-refractivity contribution in [2.45, 2.75) is 11.8 Å². The Bertz CT molecular complexity index is 935. The van der Waals surface area contributed by atoms with E-state index in [1.165, 1.54) is 10.7 Å². The third kappa shape index (κ3) is 2.63. The van der Waals surface area contributed by atoms with Crippen LogP contribution in [0.4, 0.5) is 5.95 Å². The number of nitrogens with zero attached hydrogens (tertiary/aromatic N) is 4. The fourth-order valence-corrected chi connectivity index (χ4v) is 3.10. The van der Waals surface area contributed by atoms with Crippen molar-refractivity contribution in [2.24, 2.45) is 0 Å². The molecule has 0 unspecified atom stereocenters. The third-order valence-electron chi connectivity index (χ3n) is 3.04. The topological polar surface area (TPSA) is 115 Å². The van der Waals surface area contributed by atoms with Crippen molar-refractivity contribution >= 4 is 21.6 Å². The number of hydrogen-bond donors (Lipinski definition) is 2. The Kier molecular flexibility index (Phi) is 3.51. The second-order valence-electron chi connectivity index (χ2n) is 4.60.